The van der Waals surface area contributed by atoms with Crippen molar-refractivity contribution < 1.29 is 0 Å². The first-order chi connectivity index (χ1) is 8.81. The van der Waals surface area contributed by atoms with E-state index in [-0.39, 0.29) is 0 Å². The average molecular weight is 260 g/mol. The zero-order chi connectivity index (χ0) is 12.4. The maximum atomic E-state index is 5.93. The van der Waals surface area contributed by atoms with E-state index in [1.165, 1.54) is 0 Å². The first-order valence-electron chi connectivity index (χ1n) is 5.47. The zero-order valence-electron chi connectivity index (χ0n) is 9.42. The predicted octanol–water partition coefficient (Wildman–Crippen LogP) is 2.39. The Hall–Kier alpha value is -2.14. The van der Waals surface area contributed by atoms with Crippen LogP contribution in [0.15, 0.2) is 42.7 Å². The van der Waals surface area contributed by atoms with Crippen LogP contribution in [0.5, 0.6) is 0 Å². The second kappa shape index (κ2) is 4.62. The Bertz CT molecular complexity index is 679. The van der Waals surface area contributed by atoms with Crippen molar-refractivity contribution in [2.75, 3.05) is 5.32 Å². The van der Waals surface area contributed by atoms with Crippen LogP contribution in [-0.2, 0) is 6.54 Å². The largest absolute Gasteiger partial charge is 0.365 e. The monoisotopic (exact) mass is 259 g/mol. The molecule has 5 nitrogen and oxygen atoms in total. The van der Waals surface area contributed by atoms with Gasteiger partial charge < -0.3 is 5.32 Å². The van der Waals surface area contributed by atoms with E-state index in [2.05, 4.69) is 20.6 Å². The molecule has 2 aromatic heterocycles. The van der Waals surface area contributed by atoms with Gasteiger partial charge in [-0.2, -0.15) is 4.52 Å². The van der Waals surface area contributed by atoms with E-state index < -0.39 is 0 Å². The highest BCUT2D eigenvalue weighted by Crippen LogP contribution is 2.12. The quantitative estimate of drug-likeness (QED) is 0.785. The molecule has 0 fully saturated rings. The Morgan fingerprint density at radius 2 is 2.17 bits per heavy atom. The van der Waals surface area contributed by atoms with Gasteiger partial charge in [-0.3, -0.25) is 0 Å². The molecule has 0 radical (unpaired) electrons. The van der Waals surface area contributed by atoms with Crippen LogP contribution >= 0.6 is 11.6 Å². The summed E-state index contributed by atoms with van der Waals surface area (Å²) in [5.41, 5.74) is 1.83. The molecule has 18 heavy (non-hydrogen) atoms. The van der Waals surface area contributed by atoms with Gasteiger partial charge in [-0.15, -0.1) is 15.3 Å². The van der Waals surface area contributed by atoms with Crippen molar-refractivity contribution in [3.8, 4) is 0 Å². The average Bonchev–Trinajstić information content (AvgIpc) is 2.84. The van der Waals surface area contributed by atoms with Gasteiger partial charge in [0, 0.05) is 11.6 Å². The molecule has 0 unspecified atom stereocenters. The lowest BCUT2D eigenvalue weighted by atomic mass is 10.2. The second-order valence-electron chi connectivity index (χ2n) is 3.84. The summed E-state index contributed by atoms with van der Waals surface area (Å²) in [4.78, 5) is 0. The number of hydrogen-bond acceptors (Lipinski definition) is 4. The van der Waals surface area contributed by atoms with Crippen LogP contribution in [0.3, 0.4) is 0 Å². The number of halogens is 1. The van der Waals surface area contributed by atoms with Crippen molar-refractivity contribution >= 4 is 23.1 Å². The smallest absolute Gasteiger partial charge is 0.177 e. The Morgan fingerprint density at radius 3 is 3.06 bits per heavy atom. The van der Waals surface area contributed by atoms with Crippen LogP contribution in [-0.4, -0.2) is 19.8 Å². The standard InChI is InChI=1S/C12H10ClN5/c13-10-3-1-2-9(6-10)7-14-11-4-5-12-16-15-8-18(12)17-11/h1-6,8H,7H2,(H,14,17). The lowest BCUT2D eigenvalue weighted by Crippen LogP contribution is -2.03. The summed E-state index contributed by atoms with van der Waals surface area (Å²) in [6.45, 7) is 0.668. The summed E-state index contributed by atoms with van der Waals surface area (Å²) in [6, 6.07) is 11.4. The van der Waals surface area contributed by atoms with Crippen molar-refractivity contribution in [3.63, 3.8) is 0 Å². The number of hydrogen-bond donors (Lipinski definition) is 1. The number of nitrogens with zero attached hydrogens (tertiary/aromatic N) is 4. The van der Waals surface area contributed by atoms with E-state index in [0.717, 1.165) is 22.1 Å². The van der Waals surface area contributed by atoms with Crippen molar-refractivity contribution in [2.45, 2.75) is 6.54 Å². The summed E-state index contributed by atoms with van der Waals surface area (Å²) >= 11 is 5.93. The van der Waals surface area contributed by atoms with Crippen molar-refractivity contribution in [2.24, 2.45) is 0 Å². The summed E-state index contributed by atoms with van der Waals surface area (Å²) in [5.74, 6) is 0.766. The van der Waals surface area contributed by atoms with E-state index >= 15 is 0 Å². The number of aromatic nitrogens is 4. The highest BCUT2D eigenvalue weighted by atomic mass is 35.5. The molecule has 90 valence electrons. The normalized spacial score (nSPS) is 10.7. The molecular formula is C12H10ClN5. The number of fused-ring (bicyclic) bond motifs is 1. The molecule has 1 aromatic carbocycles. The van der Waals surface area contributed by atoms with Crippen molar-refractivity contribution in [1.29, 1.82) is 0 Å². The van der Waals surface area contributed by atoms with Gasteiger partial charge in [0.15, 0.2) is 5.65 Å². The van der Waals surface area contributed by atoms with Crippen LogP contribution in [0, 0.1) is 0 Å². The van der Waals surface area contributed by atoms with Gasteiger partial charge in [-0.25, -0.2) is 0 Å². The Morgan fingerprint density at radius 1 is 1.22 bits per heavy atom. The molecule has 0 aliphatic carbocycles. The fraction of sp³-hybridized carbons (Fsp3) is 0.0833. The Kier molecular flexibility index (Phi) is 2.82. The maximum Gasteiger partial charge on any atom is 0.177 e. The molecule has 2 heterocycles. The highest BCUT2D eigenvalue weighted by Gasteiger charge is 1.99. The van der Waals surface area contributed by atoms with Gasteiger partial charge in [0.05, 0.1) is 0 Å². The third kappa shape index (κ3) is 2.26. The van der Waals surface area contributed by atoms with Crippen LogP contribution in [0.2, 0.25) is 5.02 Å². The van der Waals surface area contributed by atoms with Crippen molar-refractivity contribution in [1.82, 2.24) is 19.8 Å². The van der Waals surface area contributed by atoms with Gasteiger partial charge >= 0.3 is 0 Å². The Balaban J connectivity index is 1.76. The van der Waals surface area contributed by atoms with E-state index in [9.17, 15) is 0 Å². The molecule has 0 atom stereocenters. The van der Waals surface area contributed by atoms with E-state index in [1.54, 1.807) is 10.8 Å². The highest BCUT2D eigenvalue weighted by molar-refractivity contribution is 6.30. The SMILES string of the molecule is Clc1cccc(CNc2ccc3nncn3n2)c1. The van der Waals surface area contributed by atoms with Gasteiger partial charge in [-0.05, 0) is 29.8 Å². The topological polar surface area (TPSA) is 55.1 Å². The third-order valence-corrected chi connectivity index (χ3v) is 2.76. The lowest BCUT2D eigenvalue weighted by molar-refractivity contribution is 0.917. The zero-order valence-corrected chi connectivity index (χ0v) is 10.2. The summed E-state index contributed by atoms with van der Waals surface area (Å²) in [7, 11) is 0. The molecule has 3 rings (SSSR count). The van der Waals surface area contributed by atoms with Gasteiger partial charge in [0.1, 0.15) is 12.1 Å². The van der Waals surface area contributed by atoms with Crippen LogP contribution in [0.1, 0.15) is 5.56 Å². The van der Waals surface area contributed by atoms with E-state index in [4.69, 9.17) is 11.6 Å². The third-order valence-electron chi connectivity index (χ3n) is 2.52. The maximum absolute atomic E-state index is 5.93. The van der Waals surface area contributed by atoms with E-state index in [0.29, 0.717) is 6.54 Å². The van der Waals surface area contributed by atoms with Crippen LogP contribution in [0.25, 0.3) is 5.65 Å². The van der Waals surface area contributed by atoms with Gasteiger partial charge in [-0.1, -0.05) is 23.7 Å². The Labute approximate surface area is 108 Å². The summed E-state index contributed by atoms with van der Waals surface area (Å²) < 4.78 is 1.63. The number of nitrogens with one attached hydrogen (secondary N) is 1. The van der Waals surface area contributed by atoms with Gasteiger partial charge in [0.2, 0.25) is 0 Å². The lowest BCUT2D eigenvalue weighted by Gasteiger charge is -2.05. The molecule has 0 amide bonds. The minimum Gasteiger partial charge on any atom is -0.365 e. The van der Waals surface area contributed by atoms with Crippen LogP contribution in [0.4, 0.5) is 5.82 Å². The van der Waals surface area contributed by atoms with E-state index in [1.807, 2.05) is 36.4 Å². The summed E-state index contributed by atoms with van der Waals surface area (Å²) in [6.07, 6.45) is 1.57. The fourth-order valence-corrected chi connectivity index (χ4v) is 1.88. The molecule has 1 N–H and O–H groups in total. The molecule has 0 aliphatic heterocycles. The number of rotatable bonds is 3. The second-order valence-corrected chi connectivity index (χ2v) is 4.27. The minimum atomic E-state index is 0.668. The first-order valence-corrected chi connectivity index (χ1v) is 5.84. The molecule has 3 aromatic rings. The molecule has 6 heteroatoms. The molecule has 0 saturated carbocycles. The molecule has 0 saturated heterocycles. The predicted molar refractivity (Wildman–Crippen MR) is 69.6 cm³/mol. The first kappa shape index (κ1) is 11.0. The van der Waals surface area contributed by atoms with Gasteiger partial charge in [0.25, 0.3) is 0 Å². The van der Waals surface area contributed by atoms with Crippen molar-refractivity contribution in [3.05, 3.63) is 53.3 Å². The molecule has 0 spiro atoms. The molecule has 0 bridgehead atoms. The fourth-order valence-electron chi connectivity index (χ4n) is 1.66. The number of benzene rings is 1. The molecule has 0 aliphatic rings. The number of anilines is 1. The minimum absolute atomic E-state index is 0.668. The molecular weight excluding hydrogens is 250 g/mol. The summed E-state index contributed by atoms with van der Waals surface area (Å²) in [5, 5.41) is 15.9. The van der Waals surface area contributed by atoms with Crippen LogP contribution < -0.4 is 5.32 Å².